The Bertz CT molecular complexity index is 272. The lowest BCUT2D eigenvalue weighted by atomic mass is 9.76. The van der Waals surface area contributed by atoms with E-state index in [0.29, 0.717) is 6.10 Å². The Kier molecular flexibility index (Phi) is 9.65. The molecule has 2 fully saturated rings. The maximum atomic E-state index is 5.78. The molecular formula is C22H42O. The van der Waals surface area contributed by atoms with E-state index in [1.54, 1.807) is 0 Å². The third-order valence-corrected chi connectivity index (χ3v) is 6.61. The molecule has 0 saturated heterocycles. The maximum Gasteiger partial charge on any atom is 0.0575 e. The van der Waals surface area contributed by atoms with Crippen LogP contribution in [0.3, 0.4) is 0 Å². The molecule has 2 rings (SSSR count). The Morgan fingerprint density at radius 1 is 0.609 bits per heavy atom. The summed E-state index contributed by atoms with van der Waals surface area (Å²) >= 11 is 0. The molecule has 1 heteroatoms. The molecule has 23 heavy (non-hydrogen) atoms. The molecule has 0 radical (unpaired) electrons. The predicted octanol–water partition coefficient (Wildman–Crippen LogP) is 7.14. The number of unbranched alkanes of at least 4 members (excludes halogenated alkanes) is 3. The highest BCUT2D eigenvalue weighted by Crippen LogP contribution is 2.37. The molecule has 0 heterocycles. The second-order valence-electron chi connectivity index (χ2n) is 8.41. The van der Waals surface area contributed by atoms with Crippen molar-refractivity contribution >= 4 is 0 Å². The van der Waals surface area contributed by atoms with Crippen LogP contribution in [0.5, 0.6) is 0 Å². The molecule has 0 aromatic carbocycles. The van der Waals surface area contributed by atoms with Gasteiger partial charge in [0.2, 0.25) is 0 Å². The largest absolute Gasteiger partial charge is 0.379 e. The minimum Gasteiger partial charge on any atom is -0.379 e. The van der Waals surface area contributed by atoms with Crippen LogP contribution in [0.4, 0.5) is 0 Å². The Morgan fingerprint density at radius 3 is 1.65 bits per heavy atom. The summed E-state index contributed by atoms with van der Waals surface area (Å²) in [5.41, 5.74) is 0. The Hall–Kier alpha value is -0.0400. The van der Waals surface area contributed by atoms with Crippen molar-refractivity contribution in [1.82, 2.24) is 0 Å². The van der Waals surface area contributed by atoms with Crippen LogP contribution in [-0.2, 0) is 4.74 Å². The quantitative estimate of drug-likeness (QED) is 0.388. The SMILES string of the molecule is CCCCCCC1CCC(CCC2CCC(OCC)CC2)CC1. The molecular weight excluding hydrogens is 280 g/mol. The Balaban J connectivity index is 1.50. The van der Waals surface area contributed by atoms with E-state index >= 15 is 0 Å². The Labute approximate surface area is 146 Å². The lowest BCUT2D eigenvalue weighted by Crippen LogP contribution is -2.22. The molecule has 0 atom stereocenters. The van der Waals surface area contributed by atoms with Gasteiger partial charge in [0.1, 0.15) is 0 Å². The van der Waals surface area contributed by atoms with Crippen LogP contribution < -0.4 is 0 Å². The first-order valence-corrected chi connectivity index (χ1v) is 10.9. The van der Waals surface area contributed by atoms with Crippen molar-refractivity contribution in [3.05, 3.63) is 0 Å². The fourth-order valence-electron chi connectivity index (χ4n) is 4.96. The topological polar surface area (TPSA) is 9.23 Å². The third-order valence-electron chi connectivity index (χ3n) is 6.61. The van der Waals surface area contributed by atoms with Gasteiger partial charge in [-0.3, -0.25) is 0 Å². The molecule has 0 aromatic rings. The summed E-state index contributed by atoms with van der Waals surface area (Å²) in [4.78, 5) is 0. The van der Waals surface area contributed by atoms with E-state index in [1.807, 2.05) is 0 Å². The molecule has 0 aliphatic heterocycles. The summed E-state index contributed by atoms with van der Waals surface area (Å²) in [5, 5.41) is 0. The van der Waals surface area contributed by atoms with Gasteiger partial charge in [-0.25, -0.2) is 0 Å². The molecule has 0 amide bonds. The normalized spacial score (nSPS) is 32.1. The minimum atomic E-state index is 0.583. The van der Waals surface area contributed by atoms with E-state index in [0.717, 1.165) is 24.4 Å². The van der Waals surface area contributed by atoms with Crippen LogP contribution in [-0.4, -0.2) is 12.7 Å². The van der Waals surface area contributed by atoms with Gasteiger partial charge in [0.25, 0.3) is 0 Å². The summed E-state index contributed by atoms with van der Waals surface area (Å²) in [6.45, 7) is 5.34. The summed E-state index contributed by atoms with van der Waals surface area (Å²) in [6.07, 6.45) is 22.6. The van der Waals surface area contributed by atoms with Crippen LogP contribution in [0.1, 0.15) is 110 Å². The number of hydrogen-bond donors (Lipinski definition) is 0. The van der Waals surface area contributed by atoms with Crippen LogP contribution in [0.15, 0.2) is 0 Å². The first-order chi connectivity index (χ1) is 11.3. The second-order valence-corrected chi connectivity index (χ2v) is 8.41. The first-order valence-electron chi connectivity index (χ1n) is 10.9. The molecule has 0 bridgehead atoms. The van der Waals surface area contributed by atoms with E-state index in [4.69, 9.17) is 4.74 Å². The molecule has 136 valence electrons. The van der Waals surface area contributed by atoms with Crippen LogP contribution in [0.2, 0.25) is 0 Å². The lowest BCUT2D eigenvalue weighted by Gasteiger charge is -2.32. The fraction of sp³-hybridized carbons (Fsp3) is 1.00. The minimum absolute atomic E-state index is 0.583. The van der Waals surface area contributed by atoms with E-state index in [2.05, 4.69) is 13.8 Å². The van der Waals surface area contributed by atoms with E-state index < -0.39 is 0 Å². The van der Waals surface area contributed by atoms with Gasteiger partial charge >= 0.3 is 0 Å². The number of ether oxygens (including phenoxy) is 1. The molecule has 0 aromatic heterocycles. The highest BCUT2D eigenvalue weighted by atomic mass is 16.5. The first kappa shape index (κ1) is 19.3. The van der Waals surface area contributed by atoms with Crippen molar-refractivity contribution in [3.63, 3.8) is 0 Å². The van der Waals surface area contributed by atoms with Gasteiger partial charge < -0.3 is 4.74 Å². The van der Waals surface area contributed by atoms with Crippen molar-refractivity contribution in [2.24, 2.45) is 17.8 Å². The van der Waals surface area contributed by atoms with Gasteiger partial charge in [0, 0.05) is 6.61 Å². The molecule has 0 N–H and O–H groups in total. The van der Waals surface area contributed by atoms with Crippen molar-refractivity contribution in [2.45, 2.75) is 116 Å². The zero-order chi connectivity index (χ0) is 16.3. The van der Waals surface area contributed by atoms with E-state index in [9.17, 15) is 0 Å². The molecule has 2 aliphatic rings. The predicted molar refractivity (Wildman–Crippen MR) is 101 cm³/mol. The van der Waals surface area contributed by atoms with Crippen LogP contribution in [0, 0.1) is 17.8 Å². The molecule has 0 unspecified atom stereocenters. The molecule has 0 spiro atoms. The van der Waals surface area contributed by atoms with Gasteiger partial charge in [-0.1, -0.05) is 77.6 Å². The highest BCUT2D eigenvalue weighted by molar-refractivity contribution is 4.77. The van der Waals surface area contributed by atoms with Crippen LogP contribution in [0.25, 0.3) is 0 Å². The van der Waals surface area contributed by atoms with Gasteiger partial charge in [-0.15, -0.1) is 0 Å². The number of rotatable bonds is 10. The zero-order valence-corrected chi connectivity index (χ0v) is 16.0. The monoisotopic (exact) mass is 322 g/mol. The van der Waals surface area contributed by atoms with Crippen molar-refractivity contribution in [2.75, 3.05) is 6.61 Å². The average molecular weight is 323 g/mol. The lowest BCUT2D eigenvalue weighted by molar-refractivity contribution is 0.0238. The Morgan fingerprint density at radius 2 is 1.13 bits per heavy atom. The van der Waals surface area contributed by atoms with Crippen LogP contribution >= 0.6 is 0 Å². The van der Waals surface area contributed by atoms with E-state index in [1.165, 1.54) is 96.3 Å². The second kappa shape index (κ2) is 11.5. The maximum absolute atomic E-state index is 5.78. The van der Waals surface area contributed by atoms with Crippen molar-refractivity contribution in [3.8, 4) is 0 Å². The third kappa shape index (κ3) is 7.59. The summed E-state index contributed by atoms with van der Waals surface area (Å²) in [7, 11) is 0. The standard InChI is InChI=1S/C22H42O/c1-3-5-6-7-8-19-9-11-20(12-10-19)13-14-21-15-17-22(18-16-21)23-4-2/h19-22H,3-18H2,1-2H3. The van der Waals surface area contributed by atoms with Gasteiger partial charge in [0.15, 0.2) is 0 Å². The fourth-order valence-corrected chi connectivity index (χ4v) is 4.96. The number of hydrogen-bond acceptors (Lipinski definition) is 1. The molecule has 2 saturated carbocycles. The smallest absolute Gasteiger partial charge is 0.0575 e. The average Bonchev–Trinajstić information content (AvgIpc) is 2.59. The summed E-state index contributed by atoms with van der Waals surface area (Å²) in [6, 6.07) is 0. The molecule has 1 nitrogen and oxygen atoms in total. The van der Waals surface area contributed by atoms with E-state index in [-0.39, 0.29) is 0 Å². The molecule has 2 aliphatic carbocycles. The van der Waals surface area contributed by atoms with Gasteiger partial charge in [0.05, 0.1) is 6.10 Å². The van der Waals surface area contributed by atoms with Crippen molar-refractivity contribution < 1.29 is 4.74 Å². The van der Waals surface area contributed by atoms with Gasteiger partial charge in [-0.2, -0.15) is 0 Å². The highest BCUT2D eigenvalue weighted by Gasteiger charge is 2.24. The summed E-state index contributed by atoms with van der Waals surface area (Å²) in [5.74, 6) is 3.15. The van der Waals surface area contributed by atoms with Gasteiger partial charge in [-0.05, 0) is 50.4 Å². The zero-order valence-electron chi connectivity index (χ0n) is 16.0. The summed E-state index contributed by atoms with van der Waals surface area (Å²) < 4.78 is 5.78. The van der Waals surface area contributed by atoms with Crippen molar-refractivity contribution in [1.29, 1.82) is 0 Å².